The van der Waals surface area contributed by atoms with E-state index in [2.05, 4.69) is 0 Å². The summed E-state index contributed by atoms with van der Waals surface area (Å²) in [5.74, 6) is -0.910. The van der Waals surface area contributed by atoms with E-state index in [1.54, 1.807) is 26.0 Å². The molecule has 1 rings (SSSR count). The van der Waals surface area contributed by atoms with Gasteiger partial charge in [-0.05, 0) is 25.0 Å². The van der Waals surface area contributed by atoms with Crippen LogP contribution in [-0.4, -0.2) is 30.1 Å². The molecule has 1 aromatic rings. The summed E-state index contributed by atoms with van der Waals surface area (Å²) in [6.45, 7) is 5.39. The second-order valence-electron chi connectivity index (χ2n) is 4.40. The van der Waals surface area contributed by atoms with Crippen LogP contribution in [0, 0.1) is 12.8 Å². The van der Waals surface area contributed by atoms with E-state index in [1.807, 2.05) is 6.92 Å². The molecule has 0 amide bonds. The normalized spacial score (nSPS) is 12.5. The number of aliphatic carboxylic acids is 1. The minimum Gasteiger partial charge on any atom is -0.480 e. The van der Waals surface area contributed by atoms with Crippen molar-refractivity contribution in [3.63, 3.8) is 0 Å². The van der Waals surface area contributed by atoms with E-state index in [0.717, 1.165) is 5.56 Å². The Labute approximate surface area is 113 Å². The van der Waals surface area contributed by atoms with Gasteiger partial charge in [-0.3, -0.25) is 9.35 Å². The standard InChI is InChI=1S/C7H8O3S.C5H11NO2/c1-6-2-4-7(5-3-6)11(8,9)10;1-3(2)4(6)5(7)8/h2-5H,1H3,(H,8,9,10);3-4H,6H2,1-2H3,(H,7,8)/t;4-/m.1/s1. The molecule has 0 radical (unpaired) electrons. The third-order valence-corrected chi connectivity index (χ3v) is 3.19. The molecule has 0 aliphatic rings. The molecule has 0 bridgehead atoms. The Kier molecular flexibility index (Phi) is 6.68. The van der Waals surface area contributed by atoms with Gasteiger partial charge in [0, 0.05) is 0 Å². The van der Waals surface area contributed by atoms with Crippen LogP contribution in [0.15, 0.2) is 29.2 Å². The smallest absolute Gasteiger partial charge is 0.320 e. The van der Waals surface area contributed by atoms with Gasteiger partial charge < -0.3 is 10.8 Å². The molecule has 0 fully saturated rings. The van der Waals surface area contributed by atoms with Crippen molar-refractivity contribution < 1.29 is 22.9 Å². The largest absolute Gasteiger partial charge is 0.480 e. The van der Waals surface area contributed by atoms with Crippen LogP contribution in [0.2, 0.25) is 0 Å². The van der Waals surface area contributed by atoms with Gasteiger partial charge >= 0.3 is 5.97 Å². The molecule has 1 atom stereocenters. The fourth-order valence-corrected chi connectivity index (χ4v) is 1.48. The number of rotatable bonds is 3. The van der Waals surface area contributed by atoms with E-state index in [4.69, 9.17) is 15.4 Å². The number of benzene rings is 1. The van der Waals surface area contributed by atoms with Crippen LogP contribution in [-0.2, 0) is 14.9 Å². The molecule has 19 heavy (non-hydrogen) atoms. The van der Waals surface area contributed by atoms with Gasteiger partial charge in [-0.15, -0.1) is 0 Å². The number of aryl methyl sites for hydroxylation is 1. The van der Waals surface area contributed by atoms with Gasteiger partial charge in [0.1, 0.15) is 6.04 Å². The fraction of sp³-hybridized carbons (Fsp3) is 0.417. The molecular formula is C12H19NO5S. The molecule has 0 unspecified atom stereocenters. The summed E-state index contributed by atoms with van der Waals surface area (Å²) in [5.41, 5.74) is 6.12. The minimum atomic E-state index is -4.02. The molecular weight excluding hydrogens is 270 g/mol. The highest BCUT2D eigenvalue weighted by atomic mass is 32.2. The first-order valence-corrected chi connectivity index (χ1v) is 7.02. The van der Waals surface area contributed by atoms with Crippen LogP contribution in [0.25, 0.3) is 0 Å². The van der Waals surface area contributed by atoms with E-state index in [-0.39, 0.29) is 10.8 Å². The van der Waals surface area contributed by atoms with Gasteiger partial charge in [-0.2, -0.15) is 8.42 Å². The summed E-state index contributed by atoms with van der Waals surface area (Å²) in [6, 6.07) is 5.27. The number of carboxylic acids is 1. The maximum Gasteiger partial charge on any atom is 0.320 e. The summed E-state index contributed by atoms with van der Waals surface area (Å²) in [5, 5.41) is 8.23. The molecule has 6 nitrogen and oxygen atoms in total. The Morgan fingerprint density at radius 1 is 1.21 bits per heavy atom. The zero-order valence-electron chi connectivity index (χ0n) is 11.1. The topological polar surface area (TPSA) is 118 Å². The lowest BCUT2D eigenvalue weighted by molar-refractivity contribution is -0.139. The first-order valence-electron chi connectivity index (χ1n) is 5.58. The molecule has 0 spiro atoms. The van der Waals surface area contributed by atoms with Crippen LogP contribution < -0.4 is 5.73 Å². The average molecular weight is 289 g/mol. The van der Waals surface area contributed by atoms with Crippen LogP contribution >= 0.6 is 0 Å². The predicted octanol–water partition coefficient (Wildman–Crippen LogP) is 1.30. The molecule has 1 aromatic carbocycles. The summed E-state index contributed by atoms with van der Waals surface area (Å²) in [6.07, 6.45) is 0. The van der Waals surface area contributed by atoms with E-state index in [9.17, 15) is 13.2 Å². The van der Waals surface area contributed by atoms with Crippen molar-refractivity contribution in [2.45, 2.75) is 31.7 Å². The SMILES string of the molecule is CC(C)[C@@H](N)C(=O)O.Cc1ccc(S(=O)(=O)O)cc1. The predicted molar refractivity (Wildman–Crippen MR) is 71.4 cm³/mol. The quantitative estimate of drug-likeness (QED) is 0.722. The Bertz CT molecular complexity index is 507. The molecule has 0 saturated carbocycles. The second kappa shape index (κ2) is 7.22. The van der Waals surface area contributed by atoms with Gasteiger partial charge in [0.05, 0.1) is 4.90 Å². The monoisotopic (exact) mass is 289 g/mol. The lowest BCUT2D eigenvalue weighted by atomic mass is 10.1. The first kappa shape index (κ1) is 17.6. The van der Waals surface area contributed by atoms with Gasteiger partial charge in [-0.1, -0.05) is 31.5 Å². The number of carbonyl (C=O) groups is 1. The van der Waals surface area contributed by atoms with E-state index in [1.165, 1.54) is 12.1 Å². The van der Waals surface area contributed by atoms with Crippen molar-refractivity contribution >= 4 is 16.1 Å². The molecule has 7 heteroatoms. The van der Waals surface area contributed by atoms with E-state index < -0.39 is 22.1 Å². The van der Waals surface area contributed by atoms with Crippen LogP contribution in [0.4, 0.5) is 0 Å². The van der Waals surface area contributed by atoms with Crippen molar-refractivity contribution in [2.75, 3.05) is 0 Å². The maximum atomic E-state index is 10.5. The summed E-state index contributed by atoms with van der Waals surface area (Å²) >= 11 is 0. The number of hydrogen-bond acceptors (Lipinski definition) is 4. The van der Waals surface area contributed by atoms with Crippen molar-refractivity contribution in [1.29, 1.82) is 0 Å². The van der Waals surface area contributed by atoms with E-state index >= 15 is 0 Å². The maximum absolute atomic E-state index is 10.5. The fourth-order valence-electron chi connectivity index (χ4n) is 0.995. The van der Waals surface area contributed by atoms with Crippen LogP contribution in [0.5, 0.6) is 0 Å². The van der Waals surface area contributed by atoms with Crippen molar-refractivity contribution in [2.24, 2.45) is 11.7 Å². The Balaban J connectivity index is 0.000000362. The van der Waals surface area contributed by atoms with Crippen molar-refractivity contribution in [1.82, 2.24) is 0 Å². The molecule has 0 aliphatic carbocycles. The van der Waals surface area contributed by atoms with Crippen molar-refractivity contribution in [3.8, 4) is 0 Å². The number of carboxylic acid groups (broad SMARTS) is 1. The lowest BCUT2D eigenvalue weighted by Gasteiger charge is -2.07. The lowest BCUT2D eigenvalue weighted by Crippen LogP contribution is -2.34. The molecule has 108 valence electrons. The second-order valence-corrected chi connectivity index (χ2v) is 5.82. The van der Waals surface area contributed by atoms with Gasteiger partial charge in [0.15, 0.2) is 0 Å². The van der Waals surface area contributed by atoms with Gasteiger partial charge in [-0.25, -0.2) is 0 Å². The zero-order valence-corrected chi connectivity index (χ0v) is 11.9. The number of hydrogen-bond donors (Lipinski definition) is 3. The Morgan fingerprint density at radius 2 is 1.63 bits per heavy atom. The first-order chi connectivity index (χ1) is 8.55. The van der Waals surface area contributed by atoms with Gasteiger partial charge in [0.25, 0.3) is 10.1 Å². The Hall–Kier alpha value is -1.44. The summed E-state index contributed by atoms with van der Waals surface area (Å²) in [7, 11) is -4.02. The highest BCUT2D eigenvalue weighted by molar-refractivity contribution is 7.85. The molecule has 0 aromatic heterocycles. The number of nitrogens with two attached hydrogens (primary N) is 1. The molecule has 0 aliphatic heterocycles. The van der Waals surface area contributed by atoms with Crippen LogP contribution in [0.3, 0.4) is 0 Å². The summed E-state index contributed by atoms with van der Waals surface area (Å²) < 4.78 is 29.6. The summed E-state index contributed by atoms with van der Waals surface area (Å²) in [4.78, 5) is 9.95. The molecule has 0 heterocycles. The third-order valence-electron chi connectivity index (χ3n) is 2.32. The van der Waals surface area contributed by atoms with Gasteiger partial charge in [0.2, 0.25) is 0 Å². The van der Waals surface area contributed by atoms with Crippen molar-refractivity contribution in [3.05, 3.63) is 29.8 Å². The highest BCUT2D eigenvalue weighted by Crippen LogP contribution is 2.08. The molecule has 4 N–H and O–H groups in total. The van der Waals surface area contributed by atoms with Crippen LogP contribution in [0.1, 0.15) is 19.4 Å². The van der Waals surface area contributed by atoms with E-state index in [0.29, 0.717) is 0 Å². The third kappa shape index (κ3) is 6.90. The average Bonchev–Trinajstić information content (AvgIpc) is 2.27. The molecule has 0 saturated heterocycles. The Morgan fingerprint density at radius 3 is 1.84 bits per heavy atom. The minimum absolute atomic E-state index is 0.0208. The highest BCUT2D eigenvalue weighted by Gasteiger charge is 2.14. The zero-order chi connectivity index (χ0) is 15.2.